The molecule has 3 heteroatoms. The first kappa shape index (κ1) is 9.87. The van der Waals surface area contributed by atoms with E-state index in [-0.39, 0.29) is 0 Å². The number of thiophene rings is 1. The van der Waals surface area contributed by atoms with Gasteiger partial charge in [0.2, 0.25) is 0 Å². The van der Waals surface area contributed by atoms with E-state index < -0.39 is 0 Å². The lowest BCUT2D eigenvalue weighted by Gasteiger charge is -1.97. The fraction of sp³-hybridized carbons (Fsp3) is 0.364. The van der Waals surface area contributed by atoms with Gasteiger partial charge in [-0.1, -0.05) is 13.8 Å². The van der Waals surface area contributed by atoms with Crippen LogP contribution in [0.25, 0.3) is 9.75 Å². The summed E-state index contributed by atoms with van der Waals surface area (Å²) >= 11 is 3.58. The smallest absolute Gasteiger partial charge is 0.0900 e. The largest absolute Gasteiger partial charge is 0.249 e. The molecule has 0 aliphatic carbocycles. The summed E-state index contributed by atoms with van der Waals surface area (Å²) in [7, 11) is 0. The number of nitrogens with zero attached hydrogens (tertiary/aromatic N) is 1. The van der Waals surface area contributed by atoms with Crippen LogP contribution in [0.15, 0.2) is 17.6 Å². The Balaban J connectivity index is 2.33. The van der Waals surface area contributed by atoms with Crippen molar-refractivity contribution in [2.45, 2.75) is 26.7 Å². The highest BCUT2D eigenvalue weighted by atomic mass is 32.1. The maximum atomic E-state index is 4.27. The Morgan fingerprint density at radius 2 is 2.07 bits per heavy atom. The standard InChI is InChI=1S/C11H13NS2/c1-7(2)9-4-10(13-6-9)11-5-12-8(3)14-11/h4-7H,1-3H3. The van der Waals surface area contributed by atoms with Crippen LogP contribution in [0.5, 0.6) is 0 Å². The van der Waals surface area contributed by atoms with Gasteiger partial charge in [-0.2, -0.15) is 0 Å². The molecule has 0 radical (unpaired) electrons. The summed E-state index contributed by atoms with van der Waals surface area (Å²) in [5.41, 5.74) is 1.43. The molecular weight excluding hydrogens is 210 g/mol. The molecule has 2 aromatic heterocycles. The predicted octanol–water partition coefficient (Wildman–Crippen LogP) is 4.30. The molecular formula is C11H13NS2. The zero-order chi connectivity index (χ0) is 10.1. The Morgan fingerprint density at radius 1 is 1.29 bits per heavy atom. The minimum atomic E-state index is 0.619. The minimum absolute atomic E-state index is 0.619. The van der Waals surface area contributed by atoms with E-state index in [4.69, 9.17) is 0 Å². The molecule has 0 unspecified atom stereocenters. The molecule has 0 saturated heterocycles. The van der Waals surface area contributed by atoms with Crippen LogP contribution in [-0.2, 0) is 0 Å². The van der Waals surface area contributed by atoms with Crippen LogP contribution in [0.2, 0.25) is 0 Å². The van der Waals surface area contributed by atoms with Crippen molar-refractivity contribution in [3.8, 4) is 9.75 Å². The van der Waals surface area contributed by atoms with Crippen LogP contribution in [0.4, 0.5) is 0 Å². The van der Waals surface area contributed by atoms with Gasteiger partial charge >= 0.3 is 0 Å². The highest BCUT2D eigenvalue weighted by Gasteiger charge is 2.07. The molecule has 0 aliphatic rings. The third-order valence-corrected chi connectivity index (χ3v) is 4.21. The number of aryl methyl sites for hydroxylation is 1. The monoisotopic (exact) mass is 223 g/mol. The van der Waals surface area contributed by atoms with E-state index in [9.17, 15) is 0 Å². The Labute approximate surface area is 92.4 Å². The summed E-state index contributed by atoms with van der Waals surface area (Å²) in [5, 5.41) is 3.38. The van der Waals surface area contributed by atoms with E-state index in [1.807, 2.05) is 24.5 Å². The quantitative estimate of drug-likeness (QED) is 0.739. The molecule has 0 amide bonds. The predicted molar refractivity (Wildman–Crippen MR) is 64.3 cm³/mol. The van der Waals surface area contributed by atoms with Gasteiger partial charge < -0.3 is 0 Å². The molecule has 0 N–H and O–H groups in total. The summed E-state index contributed by atoms with van der Waals surface area (Å²) in [4.78, 5) is 6.91. The maximum absolute atomic E-state index is 4.27. The highest BCUT2D eigenvalue weighted by Crippen LogP contribution is 2.33. The third kappa shape index (κ3) is 1.88. The van der Waals surface area contributed by atoms with Gasteiger partial charge in [0.05, 0.1) is 9.88 Å². The van der Waals surface area contributed by atoms with Gasteiger partial charge in [-0.25, -0.2) is 4.98 Å². The summed E-state index contributed by atoms with van der Waals surface area (Å²) in [5.74, 6) is 0.619. The Kier molecular flexibility index (Phi) is 2.70. The number of rotatable bonds is 2. The second-order valence-corrected chi connectivity index (χ2v) is 5.79. The summed E-state index contributed by atoms with van der Waals surface area (Å²) < 4.78 is 0. The van der Waals surface area contributed by atoms with Gasteiger partial charge in [-0.3, -0.25) is 0 Å². The first-order valence-corrected chi connectivity index (χ1v) is 6.37. The maximum Gasteiger partial charge on any atom is 0.0900 e. The molecule has 0 spiro atoms. The van der Waals surface area contributed by atoms with Crippen LogP contribution >= 0.6 is 22.7 Å². The van der Waals surface area contributed by atoms with E-state index in [1.165, 1.54) is 15.3 Å². The van der Waals surface area contributed by atoms with Crippen molar-refractivity contribution in [1.82, 2.24) is 4.98 Å². The van der Waals surface area contributed by atoms with Crippen molar-refractivity contribution < 1.29 is 0 Å². The fourth-order valence-corrected chi connectivity index (χ4v) is 3.19. The van der Waals surface area contributed by atoms with Gasteiger partial charge in [0.1, 0.15) is 0 Å². The number of hydrogen-bond acceptors (Lipinski definition) is 3. The molecule has 0 saturated carbocycles. The molecule has 2 heterocycles. The van der Waals surface area contributed by atoms with Gasteiger partial charge in [0, 0.05) is 11.1 Å². The lowest BCUT2D eigenvalue weighted by molar-refractivity contribution is 0.872. The van der Waals surface area contributed by atoms with Gasteiger partial charge in [-0.05, 0) is 29.9 Å². The van der Waals surface area contributed by atoms with E-state index in [0.29, 0.717) is 5.92 Å². The average molecular weight is 223 g/mol. The average Bonchev–Trinajstić information content (AvgIpc) is 2.70. The zero-order valence-corrected chi connectivity index (χ0v) is 10.2. The van der Waals surface area contributed by atoms with Crippen molar-refractivity contribution in [1.29, 1.82) is 0 Å². The molecule has 1 nitrogen and oxygen atoms in total. The fourth-order valence-electron chi connectivity index (χ4n) is 1.26. The summed E-state index contributed by atoms with van der Waals surface area (Å²) in [6, 6.07) is 2.28. The third-order valence-electron chi connectivity index (χ3n) is 2.15. The highest BCUT2D eigenvalue weighted by molar-refractivity contribution is 7.21. The SMILES string of the molecule is Cc1ncc(-c2cc(C(C)C)cs2)s1. The molecule has 0 bridgehead atoms. The van der Waals surface area contributed by atoms with E-state index in [0.717, 1.165) is 5.01 Å². The lowest BCUT2D eigenvalue weighted by atomic mass is 10.1. The van der Waals surface area contributed by atoms with Crippen molar-refractivity contribution in [3.63, 3.8) is 0 Å². The Hall–Kier alpha value is -0.670. The van der Waals surface area contributed by atoms with Crippen LogP contribution in [0.1, 0.15) is 30.3 Å². The van der Waals surface area contributed by atoms with Gasteiger partial charge in [-0.15, -0.1) is 22.7 Å². The molecule has 0 aromatic carbocycles. The summed E-state index contributed by atoms with van der Waals surface area (Å²) in [6.45, 7) is 6.50. The Morgan fingerprint density at radius 3 is 2.57 bits per heavy atom. The second kappa shape index (κ2) is 3.83. The molecule has 74 valence electrons. The molecule has 2 aromatic rings. The zero-order valence-electron chi connectivity index (χ0n) is 8.57. The van der Waals surface area contributed by atoms with Crippen molar-refractivity contribution in [2.24, 2.45) is 0 Å². The van der Waals surface area contributed by atoms with Crippen molar-refractivity contribution in [2.75, 3.05) is 0 Å². The molecule has 2 rings (SSSR count). The van der Waals surface area contributed by atoms with Crippen LogP contribution in [0.3, 0.4) is 0 Å². The molecule has 14 heavy (non-hydrogen) atoms. The number of hydrogen-bond donors (Lipinski definition) is 0. The van der Waals surface area contributed by atoms with Gasteiger partial charge in [0.25, 0.3) is 0 Å². The number of aromatic nitrogens is 1. The second-order valence-electron chi connectivity index (χ2n) is 3.64. The van der Waals surface area contributed by atoms with Gasteiger partial charge in [0.15, 0.2) is 0 Å². The Bertz CT molecular complexity index is 426. The van der Waals surface area contributed by atoms with Crippen LogP contribution in [0, 0.1) is 6.92 Å². The minimum Gasteiger partial charge on any atom is -0.249 e. The molecule has 0 atom stereocenters. The van der Waals surface area contributed by atoms with E-state index in [1.54, 1.807) is 11.3 Å². The van der Waals surface area contributed by atoms with E-state index >= 15 is 0 Å². The topological polar surface area (TPSA) is 12.9 Å². The lowest BCUT2D eigenvalue weighted by Crippen LogP contribution is -1.80. The normalized spacial score (nSPS) is 11.1. The number of thiazole rings is 1. The van der Waals surface area contributed by atoms with Crippen LogP contribution in [-0.4, -0.2) is 4.98 Å². The summed E-state index contributed by atoms with van der Waals surface area (Å²) in [6.07, 6.45) is 1.97. The van der Waals surface area contributed by atoms with E-state index in [2.05, 4.69) is 30.3 Å². The first-order chi connectivity index (χ1) is 6.66. The first-order valence-electron chi connectivity index (χ1n) is 4.68. The molecule has 0 fully saturated rings. The van der Waals surface area contributed by atoms with Crippen molar-refractivity contribution in [3.05, 3.63) is 28.2 Å². The van der Waals surface area contributed by atoms with Crippen LogP contribution < -0.4 is 0 Å². The molecule has 0 aliphatic heterocycles. The van der Waals surface area contributed by atoms with Crippen molar-refractivity contribution >= 4 is 22.7 Å².